The molecule has 3 aromatic rings. The van der Waals surface area contributed by atoms with E-state index < -0.39 is 0 Å². The zero-order valence-electron chi connectivity index (χ0n) is 16.9. The van der Waals surface area contributed by atoms with Gasteiger partial charge in [-0.25, -0.2) is 4.98 Å². The van der Waals surface area contributed by atoms with Crippen LogP contribution >= 0.6 is 27.3 Å². The Kier molecular flexibility index (Phi) is 6.21. The third-order valence-corrected chi connectivity index (χ3v) is 6.19. The van der Waals surface area contributed by atoms with Crippen molar-refractivity contribution in [2.24, 2.45) is 0 Å². The monoisotopic (exact) mass is 490 g/mol. The van der Waals surface area contributed by atoms with Gasteiger partial charge in [-0.3, -0.25) is 18.9 Å². The smallest absolute Gasteiger partial charge is 0.258 e. The van der Waals surface area contributed by atoms with Gasteiger partial charge in [0.05, 0.1) is 17.4 Å². The van der Waals surface area contributed by atoms with Crippen molar-refractivity contribution in [3.63, 3.8) is 0 Å². The van der Waals surface area contributed by atoms with Gasteiger partial charge in [0.2, 0.25) is 0 Å². The van der Waals surface area contributed by atoms with Crippen LogP contribution in [0.2, 0.25) is 0 Å². The average molecular weight is 491 g/mol. The normalized spacial score (nSPS) is 15.1. The number of ether oxygens (including phenoxy) is 1. The van der Waals surface area contributed by atoms with Gasteiger partial charge in [-0.2, -0.15) is 0 Å². The van der Waals surface area contributed by atoms with Gasteiger partial charge in [0.1, 0.15) is 5.75 Å². The number of aromatic nitrogens is 2. The number of nitrogens with zero attached hydrogens (tertiary/aromatic N) is 4. The number of hydrogen-bond donors (Lipinski definition) is 0. The molecule has 1 saturated heterocycles. The standard InChI is InChI=1S/C21H23BrN4O3S/c1-14(2)29-18-11-15(22)3-4-17(18)20(28)25-7-5-24(6-8-25)13-16-12-19(27)26-9-10-30-21(26)23-16/h3-4,9-12,14H,5-8,13H2,1-2H3. The van der Waals surface area contributed by atoms with Gasteiger partial charge >= 0.3 is 0 Å². The number of carbonyl (C=O) groups excluding carboxylic acids is 1. The molecule has 1 amide bonds. The van der Waals surface area contributed by atoms with E-state index in [4.69, 9.17) is 4.74 Å². The number of halogens is 1. The van der Waals surface area contributed by atoms with Crippen molar-refractivity contribution >= 4 is 38.1 Å². The Hall–Kier alpha value is -2.23. The summed E-state index contributed by atoms with van der Waals surface area (Å²) in [5.41, 5.74) is 1.29. The molecule has 0 unspecified atom stereocenters. The highest BCUT2D eigenvalue weighted by Crippen LogP contribution is 2.26. The fourth-order valence-corrected chi connectivity index (χ4v) is 4.58. The van der Waals surface area contributed by atoms with E-state index in [0.29, 0.717) is 35.9 Å². The molecule has 0 N–H and O–H groups in total. The topological polar surface area (TPSA) is 67.2 Å². The largest absolute Gasteiger partial charge is 0.490 e. The third-order valence-electron chi connectivity index (χ3n) is 4.94. The molecule has 0 aliphatic carbocycles. The second-order valence-corrected chi connectivity index (χ2v) is 9.31. The Morgan fingerprint density at radius 2 is 2.00 bits per heavy atom. The van der Waals surface area contributed by atoms with Crippen LogP contribution in [0.5, 0.6) is 5.75 Å². The molecule has 1 fully saturated rings. The second-order valence-electron chi connectivity index (χ2n) is 7.52. The van der Waals surface area contributed by atoms with Crippen molar-refractivity contribution in [1.82, 2.24) is 19.2 Å². The van der Waals surface area contributed by atoms with Crippen LogP contribution in [0.1, 0.15) is 29.9 Å². The predicted molar refractivity (Wildman–Crippen MR) is 120 cm³/mol. The van der Waals surface area contributed by atoms with E-state index in [0.717, 1.165) is 23.3 Å². The maximum Gasteiger partial charge on any atom is 0.258 e. The lowest BCUT2D eigenvalue weighted by molar-refractivity contribution is 0.0621. The summed E-state index contributed by atoms with van der Waals surface area (Å²) in [4.78, 5) is 34.6. The molecular formula is C21H23BrN4O3S. The van der Waals surface area contributed by atoms with Gasteiger partial charge in [0, 0.05) is 54.8 Å². The molecule has 7 nitrogen and oxygen atoms in total. The number of fused-ring (bicyclic) bond motifs is 1. The first-order valence-corrected chi connectivity index (χ1v) is 11.5. The van der Waals surface area contributed by atoms with Crippen LogP contribution in [0.3, 0.4) is 0 Å². The third kappa shape index (κ3) is 4.58. The van der Waals surface area contributed by atoms with Crippen molar-refractivity contribution < 1.29 is 9.53 Å². The fraction of sp³-hybridized carbons (Fsp3) is 0.381. The van der Waals surface area contributed by atoms with E-state index in [1.807, 2.05) is 42.3 Å². The molecular weight excluding hydrogens is 468 g/mol. The second kappa shape index (κ2) is 8.87. The molecule has 0 atom stereocenters. The van der Waals surface area contributed by atoms with Crippen LogP contribution in [0, 0.1) is 0 Å². The summed E-state index contributed by atoms with van der Waals surface area (Å²) in [5, 5.41) is 1.86. The Morgan fingerprint density at radius 3 is 2.73 bits per heavy atom. The number of thiazole rings is 1. The highest BCUT2D eigenvalue weighted by Gasteiger charge is 2.25. The van der Waals surface area contributed by atoms with E-state index in [9.17, 15) is 9.59 Å². The van der Waals surface area contributed by atoms with Crippen molar-refractivity contribution in [3.05, 3.63) is 61.9 Å². The summed E-state index contributed by atoms with van der Waals surface area (Å²) < 4.78 is 8.29. The highest BCUT2D eigenvalue weighted by molar-refractivity contribution is 9.10. The Balaban J connectivity index is 1.42. The Morgan fingerprint density at radius 1 is 1.23 bits per heavy atom. The summed E-state index contributed by atoms with van der Waals surface area (Å²) in [6.07, 6.45) is 1.73. The lowest BCUT2D eigenvalue weighted by atomic mass is 10.1. The molecule has 0 spiro atoms. The Bertz CT molecular complexity index is 1120. The minimum atomic E-state index is -0.0574. The molecule has 1 aliphatic rings. The molecule has 0 radical (unpaired) electrons. The molecule has 3 heterocycles. The highest BCUT2D eigenvalue weighted by atomic mass is 79.9. The summed E-state index contributed by atoms with van der Waals surface area (Å²) in [7, 11) is 0. The van der Waals surface area contributed by atoms with E-state index in [1.54, 1.807) is 16.7 Å². The van der Waals surface area contributed by atoms with Gasteiger partial charge in [0.25, 0.3) is 11.5 Å². The Labute approximate surface area is 187 Å². The van der Waals surface area contributed by atoms with Crippen molar-refractivity contribution in [3.8, 4) is 5.75 Å². The summed E-state index contributed by atoms with van der Waals surface area (Å²) in [6.45, 7) is 7.20. The molecule has 1 aromatic carbocycles. The first-order valence-electron chi connectivity index (χ1n) is 9.84. The van der Waals surface area contributed by atoms with E-state index in [1.165, 1.54) is 11.3 Å². The number of piperazine rings is 1. The summed E-state index contributed by atoms with van der Waals surface area (Å²) in [5.74, 6) is 0.579. The molecule has 30 heavy (non-hydrogen) atoms. The van der Waals surface area contributed by atoms with Crippen molar-refractivity contribution in [2.75, 3.05) is 26.2 Å². The van der Waals surface area contributed by atoms with Gasteiger partial charge in [-0.1, -0.05) is 15.9 Å². The molecule has 1 aliphatic heterocycles. The zero-order chi connectivity index (χ0) is 21.3. The van der Waals surface area contributed by atoms with Crippen LogP contribution in [0.4, 0.5) is 0 Å². The SMILES string of the molecule is CC(C)Oc1cc(Br)ccc1C(=O)N1CCN(Cc2cc(=O)n3ccsc3n2)CC1. The lowest BCUT2D eigenvalue weighted by Gasteiger charge is -2.34. The van der Waals surface area contributed by atoms with Crippen molar-refractivity contribution in [1.29, 1.82) is 0 Å². The van der Waals surface area contributed by atoms with Crippen LogP contribution < -0.4 is 10.3 Å². The number of benzene rings is 1. The number of rotatable bonds is 5. The molecule has 2 aromatic heterocycles. The van der Waals surface area contributed by atoms with Crippen LogP contribution in [-0.2, 0) is 6.54 Å². The number of hydrogen-bond acceptors (Lipinski definition) is 6. The first-order chi connectivity index (χ1) is 14.4. The fourth-order valence-electron chi connectivity index (χ4n) is 3.50. The van der Waals surface area contributed by atoms with Gasteiger partial charge in [-0.05, 0) is 32.0 Å². The summed E-state index contributed by atoms with van der Waals surface area (Å²) in [6, 6.07) is 7.11. The predicted octanol–water partition coefficient (Wildman–Crippen LogP) is 3.26. The number of amides is 1. The molecule has 0 saturated carbocycles. The van der Waals surface area contributed by atoms with Crippen molar-refractivity contribution in [2.45, 2.75) is 26.5 Å². The minimum absolute atomic E-state index is 0.0139. The van der Waals surface area contributed by atoms with E-state index in [2.05, 4.69) is 25.8 Å². The molecule has 4 rings (SSSR count). The molecule has 9 heteroatoms. The van der Waals surface area contributed by atoms with Gasteiger partial charge < -0.3 is 9.64 Å². The van der Waals surface area contributed by atoms with E-state index in [-0.39, 0.29) is 17.6 Å². The maximum absolute atomic E-state index is 13.1. The van der Waals surface area contributed by atoms with Gasteiger partial charge in [0.15, 0.2) is 4.96 Å². The van der Waals surface area contributed by atoms with Gasteiger partial charge in [-0.15, -0.1) is 11.3 Å². The zero-order valence-corrected chi connectivity index (χ0v) is 19.3. The quantitative estimate of drug-likeness (QED) is 0.548. The van der Waals surface area contributed by atoms with E-state index >= 15 is 0 Å². The molecule has 0 bridgehead atoms. The number of carbonyl (C=O) groups is 1. The average Bonchev–Trinajstić information content (AvgIpc) is 3.17. The van der Waals surface area contributed by atoms with Crippen LogP contribution in [0.25, 0.3) is 4.96 Å². The first kappa shape index (κ1) is 21.0. The van der Waals surface area contributed by atoms with Crippen LogP contribution in [0.15, 0.2) is 45.1 Å². The minimum Gasteiger partial charge on any atom is -0.490 e. The summed E-state index contributed by atoms with van der Waals surface area (Å²) >= 11 is 4.90. The van der Waals surface area contributed by atoms with Crippen LogP contribution in [-0.4, -0.2) is 57.4 Å². The lowest BCUT2D eigenvalue weighted by Crippen LogP contribution is -2.48. The molecule has 158 valence electrons. The maximum atomic E-state index is 13.1.